The third-order valence-corrected chi connectivity index (χ3v) is 2.66. The van der Waals surface area contributed by atoms with Gasteiger partial charge in [0.1, 0.15) is 0 Å². The molecule has 1 aliphatic rings. The van der Waals surface area contributed by atoms with Crippen molar-refractivity contribution >= 4 is 5.91 Å². The first-order valence-corrected chi connectivity index (χ1v) is 4.95. The molecule has 1 saturated carbocycles. The summed E-state index contributed by atoms with van der Waals surface area (Å²) in [4.78, 5) is 10.8. The van der Waals surface area contributed by atoms with Crippen LogP contribution in [-0.4, -0.2) is 11.9 Å². The highest BCUT2D eigenvalue weighted by atomic mass is 16.1. The Morgan fingerprint density at radius 2 is 2.00 bits per heavy atom. The molecule has 2 nitrogen and oxygen atoms in total. The molecular formula is C10H19NO. The van der Waals surface area contributed by atoms with Gasteiger partial charge >= 0.3 is 0 Å². The highest BCUT2D eigenvalue weighted by Gasteiger charge is 2.15. The minimum atomic E-state index is 0.120. The van der Waals surface area contributed by atoms with Crippen LogP contribution in [0.1, 0.15) is 46.0 Å². The van der Waals surface area contributed by atoms with Crippen molar-refractivity contribution in [2.24, 2.45) is 5.92 Å². The van der Waals surface area contributed by atoms with Crippen molar-refractivity contribution in [3.8, 4) is 0 Å². The summed E-state index contributed by atoms with van der Waals surface area (Å²) < 4.78 is 0. The second-order valence-corrected chi connectivity index (χ2v) is 4.01. The second kappa shape index (κ2) is 4.48. The van der Waals surface area contributed by atoms with Crippen LogP contribution in [0.5, 0.6) is 0 Å². The van der Waals surface area contributed by atoms with Gasteiger partial charge in [0, 0.05) is 13.0 Å². The maximum absolute atomic E-state index is 10.8. The van der Waals surface area contributed by atoms with Gasteiger partial charge in [-0.1, -0.05) is 19.8 Å². The molecule has 12 heavy (non-hydrogen) atoms. The summed E-state index contributed by atoms with van der Waals surface area (Å²) in [6.07, 6.45) is 6.21. The largest absolute Gasteiger partial charge is 0.354 e. The molecule has 1 unspecified atom stereocenters. The maximum Gasteiger partial charge on any atom is 0.217 e. The Bertz CT molecular complexity index is 156. The van der Waals surface area contributed by atoms with Crippen molar-refractivity contribution in [1.29, 1.82) is 0 Å². The summed E-state index contributed by atoms with van der Waals surface area (Å²) in [5.74, 6) is 0.971. The van der Waals surface area contributed by atoms with Gasteiger partial charge < -0.3 is 5.32 Å². The summed E-state index contributed by atoms with van der Waals surface area (Å²) in [5.41, 5.74) is 0. The molecule has 70 valence electrons. The molecule has 0 heterocycles. The van der Waals surface area contributed by atoms with E-state index in [0.717, 1.165) is 5.92 Å². The first-order valence-electron chi connectivity index (χ1n) is 4.95. The first-order chi connectivity index (χ1) is 5.68. The number of amides is 1. The predicted molar refractivity (Wildman–Crippen MR) is 49.9 cm³/mol. The molecule has 1 rings (SSSR count). The molecule has 0 spiro atoms. The van der Waals surface area contributed by atoms with Crippen LogP contribution >= 0.6 is 0 Å². The van der Waals surface area contributed by atoms with Crippen LogP contribution in [0.2, 0.25) is 0 Å². The first kappa shape index (κ1) is 9.56. The zero-order valence-electron chi connectivity index (χ0n) is 8.10. The number of hydrogen-bond donors (Lipinski definition) is 1. The van der Waals surface area contributed by atoms with Gasteiger partial charge in [-0.2, -0.15) is 0 Å². The van der Waals surface area contributed by atoms with Crippen molar-refractivity contribution in [3.63, 3.8) is 0 Å². The van der Waals surface area contributed by atoms with E-state index >= 15 is 0 Å². The second-order valence-electron chi connectivity index (χ2n) is 4.01. The third-order valence-electron chi connectivity index (χ3n) is 2.66. The van der Waals surface area contributed by atoms with Crippen molar-refractivity contribution in [1.82, 2.24) is 5.32 Å². The zero-order chi connectivity index (χ0) is 8.97. The van der Waals surface area contributed by atoms with E-state index in [9.17, 15) is 4.79 Å². The van der Waals surface area contributed by atoms with Crippen LogP contribution in [0.15, 0.2) is 0 Å². The van der Waals surface area contributed by atoms with Gasteiger partial charge in [0.2, 0.25) is 5.91 Å². The normalized spacial score (nSPS) is 30.8. The Morgan fingerprint density at radius 1 is 1.25 bits per heavy atom. The molecule has 0 radical (unpaired) electrons. The van der Waals surface area contributed by atoms with Crippen LogP contribution in [0.3, 0.4) is 0 Å². The van der Waals surface area contributed by atoms with E-state index in [0.29, 0.717) is 6.04 Å². The van der Waals surface area contributed by atoms with Crippen LogP contribution in [0.4, 0.5) is 0 Å². The zero-order valence-corrected chi connectivity index (χ0v) is 8.10. The molecular weight excluding hydrogens is 150 g/mol. The maximum atomic E-state index is 10.8. The highest BCUT2D eigenvalue weighted by Crippen LogP contribution is 2.22. The van der Waals surface area contributed by atoms with E-state index < -0.39 is 0 Å². The van der Waals surface area contributed by atoms with Crippen molar-refractivity contribution in [2.75, 3.05) is 0 Å². The number of hydrogen-bond acceptors (Lipinski definition) is 1. The average Bonchev–Trinajstić information content (AvgIpc) is 2.15. The van der Waals surface area contributed by atoms with E-state index in [1.165, 1.54) is 32.1 Å². The van der Waals surface area contributed by atoms with Gasteiger partial charge in [0.05, 0.1) is 0 Å². The van der Waals surface area contributed by atoms with E-state index in [1.807, 2.05) is 0 Å². The quantitative estimate of drug-likeness (QED) is 0.598. The molecule has 0 saturated heterocycles. The molecule has 2 atom stereocenters. The Balaban J connectivity index is 2.30. The SMILES string of the molecule is CC(=O)NC1CCC[C@H](C)CC1. The summed E-state index contributed by atoms with van der Waals surface area (Å²) in [6, 6.07) is 0.451. The van der Waals surface area contributed by atoms with Crippen molar-refractivity contribution in [3.05, 3.63) is 0 Å². The van der Waals surface area contributed by atoms with Gasteiger partial charge in [-0.05, 0) is 25.2 Å². The summed E-state index contributed by atoms with van der Waals surface area (Å²) in [6.45, 7) is 3.91. The number of carbonyl (C=O) groups excluding carboxylic acids is 1. The van der Waals surface area contributed by atoms with E-state index in [1.54, 1.807) is 6.92 Å². The number of carbonyl (C=O) groups is 1. The summed E-state index contributed by atoms with van der Waals surface area (Å²) >= 11 is 0. The molecule has 1 amide bonds. The lowest BCUT2D eigenvalue weighted by molar-refractivity contribution is -0.119. The predicted octanol–water partition coefficient (Wildman–Crippen LogP) is 2.09. The fourth-order valence-corrected chi connectivity index (χ4v) is 1.92. The summed E-state index contributed by atoms with van der Waals surface area (Å²) in [7, 11) is 0. The van der Waals surface area contributed by atoms with Crippen molar-refractivity contribution in [2.45, 2.75) is 52.0 Å². The van der Waals surface area contributed by atoms with Gasteiger partial charge in [0.25, 0.3) is 0 Å². The van der Waals surface area contributed by atoms with Gasteiger partial charge in [-0.15, -0.1) is 0 Å². The molecule has 0 aromatic heterocycles. The lowest BCUT2D eigenvalue weighted by atomic mass is 10.0. The number of rotatable bonds is 1. The van der Waals surface area contributed by atoms with E-state index in [4.69, 9.17) is 0 Å². The molecule has 0 aliphatic heterocycles. The Morgan fingerprint density at radius 3 is 2.67 bits per heavy atom. The summed E-state index contributed by atoms with van der Waals surface area (Å²) in [5, 5.41) is 3.00. The van der Waals surface area contributed by atoms with Crippen LogP contribution in [0.25, 0.3) is 0 Å². The monoisotopic (exact) mass is 169 g/mol. The van der Waals surface area contributed by atoms with E-state index in [-0.39, 0.29) is 5.91 Å². The lowest BCUT2D eigenvalue weighted by Crippen LogP contribution is -2.32. The lowest BCUT2D eigenvalue weighted by Gasteiger charge is -2.14. The van der Waals surface area contributed by atoms with Gasteiger partial charge in [-0.3, -0.25) is 4.79 Å². The third kappa shape index (κ3) is 3.24. The van der Waals surface area contributed by atoms with Crippen LogP contribution < -0.4 is 5.32 Å². The van der Waals surface area contributed by atoms with Gasteiger partial charge in [-0.25, -0.2) is 0 Å². The average molecular weight is 169 g/mol. The topological polar surface area (TPSA) is 29.1 Å². The Labute approximate surface area is 74.7 Å². The molecule has 0 aromatic rings. The van der Waals surface area contributed by atoms with Crippen molar-refractivity contribution < 1.29 is 4.79 Å². The standard InChI is InChI=1S/C10H19NO/c1-8-4-3-5-10(7-6-8)11-9(2)12/h8,10H,3-7H2,1-2H3,(H,11,12)/t8-,10?/m0/s1. The fraction of sp³-hybridized carbons (Fsp3) is 0.900. The van der Waals surface area contributed by atoms with Crippen LogP contribution in [0, 0.1) is 5.92 Å². The van der Waals surface area contributed by atoms with Crippen LogP contribution in [-0.2, 0) is 4.79 Å². The molecule has 1 fully saturated rings. The van der Waals surface area contributed by atoms with Gasteiger partial charge in [0.15, 0.2) is 0 Å². The molecule has 1 N–H and O–H groups in total. The molecule has 0 bridgehead atoms. The molecule has 1 aliphatic carbocycles. The minimum absolute atomic E-state index is 0.120. The van der Waals surface area contributed by atoms with E-state index in [2.05, 4.69) is 12.2 Å². The Kier molecular flexibility index (Phi) is 3.57. The highest BCUT2D eigenvalue weighted by molar-refractivity contribution is 5.73. The molecule has 2 heteroatoms. The number of nitrogens with one attached hydrogen (secondary N) is 1. The minimum Gasteiger partial charge on any atom is -0.354 e. The smallest absolute Gasteiger partial charge is 0.217 e. The molecule has 0 aromatic carbocycles. The Hall–Kier alpha value is -0.530. The fourth-order valence-electron chi connectivity index (χ4n) is 1.92.